The molecule has 2 amide bonds. The van der Waals surface area contributed by atoms with E-state index in [-0.39, 0.29) is 36.7 Å². The molecular formula is C33H46N6O10S. The molecule has 3 atom stereocenters. The van der Waals surface area contributed by atoms with Gasteiger partial charge in [-0.15, -0.1) is 0 Å². The fraction of sp³-hybridized carbons (Fsp3) is 0.455. The second-order valence-corrected chi connectivity index (χ2v) is 14.2. The van der Waals surface area contributed by atoms with Gasteiger partial charge in [0.15, 0.2) is 0 Å². The predicted octanol–water partition coefficient (Wildman–Crippen LogP) is 1.34. The first-order valence-corrected chi connectivity index (χ1v) is 17.1. The molecule has 16 nitrogen and oxygen atoms in total. The van der Waals surface area contributed by atoms with E-state index in [0.29, 0.717) is 16.7 Å². The minimum Gasteiger partial charge on any atom is -0.481 e. The van der Waals surface area contributed by atoms with Crippen LogP contribution in [0.25, 0.3) is 0 Å². The minimum absolute atomic E-state index is 0.0522. The molecule has 1 unspecified atom stereocenters. The van der Waals surface area contributed by atoms with E-state index in [0.717, 1.165) is 5.56 Å². The molecule has 0 saturated carbocycles. The zero-order chi connectivity index (χ0) is 37.8. The number of hydrogen-bond donors (Lipinski definition) is 6. The Hall–Kier alpha value is -5.03. The molecule has 2 aromatic carbocycles. The van der Waals surface area contributed by atoms with Crippen LogP contribution in [0.15, 0.2) is 52.4 Å². The van der Waals surface area contributed by atoms with Crippen LogP contribution < -0.4 is 26.8 Å². The average Bonchev–Trinajstić information content (AvgIpc) is 2.98. The number of carbonyl (C=O) groups is 5. The number of benzene rings is 2. The summed E-state index contributed by atoms with van der Waals surface area (Å²) in [5.41, 5.74) is 13.3. The third-order valence-electron chi connectivity index (χ3n) is 7.00. The van der Waals surface area contributed by atoms with Gasteiger partial charge < -0.3 is 36.7 Å². The number of sulfonamides is 1. The van der Waals surface area contributed by atoms with Gasteiger partial charge in [0.2, 0.25) is 11.9 Å². The van der Waals surface area contributed by atoms with Crippen LogP contribution in [0.4, 0.5) is 4.79 Å². The molecule has 0 aromatic heterocycles. The summed E-state index contributed by atoms with van der Waals surface area (Å²) in [7, 11) is -4.04. The summed E-state index contributed by atoms with van der Waals surface area (Å²) in [6.45, 7) is 9.16. The first-order valence-electron chi connectivity index (χ1n) is 15.6. The fourth-order valence-corrected chi connectivity index (χ4v) is 6.33. The van der Waals surface area contributed by atoms with Crippen molar-refractivity contribution in [1.29, 1.82) is 0 Å². The quantitative estimate of drug-likeness (QED) is 0.0501. The molecule has 50 heavy (non-hydrogen) atoms. The summed E-state index contributed by atoms with van der Waals surface area (Å²) in [6.07, 6.45) is -0.958. The number of nitrogens with zero attached hydrogens (tertiary/aromatic N) is 1. The molecule has 0 aliphatic heterocycles. The van der Waals surface area contributed by atoms with Crippen LogP contribution in [0.3, 0.4) is 0 Å². The van der Waals surface area contributed by atoms with Crippen molar-refractivity contribution in [3.05, 3.63) is 64.7 Å². The maximum absolute atomic E-state index is 13.0. The SMILES string of the molecule is Cc1cc(C)c(S(=O)(=O)NC(N)=NCCC[C@H](NC(=O)OC(C)(C)C)C(=O)NCC(=O)OC(=O)[C@@H](N)C(Cc2ccccc2)C(=O)O)c(C)c1. The van der Waals surface area contributed by atoms with Gasteiger partial charge in [0.05, 0.1) is 10.8 Å². The Bertz CT molecular complexity index is 1670. The van der Waals surface area contributed by atoms with E-state index in [2.05, 4.69) is 20.3 Å². The van der Waals surface area contributed by atoms with Crippen LogP contribution >= 0.6 is 0 Å². The number of hydrogen-bond acceptors (Lipinski definition) is 11. The first kappa shape index (κ1) is 41.1. The number of carboxylic acids is 1. The molecule has 0 saturated heterocycles. The van der Waals surface area contributed by atoms with Crippen LogP contribution in [-0.4, -0.2) is 80.2 Å². The monoisotopic (exact) mass is 718 g/mol. The molecule has 0 aliphatic rings. The van der Waals surface area contributed by atoms with Crippen LogP contribution in [-0.2, 0) is 45.1 Å². The van der Waals surface area contributed by atoms with E-state index >= 15 is 0 Å². The number of esters is 2. The fourth-order valence-electron chi connectivity index (χ4n) is 4.92. The van der Waals surface area contributed by atoms with Crippen LogP contribution in [0.5, 0.6) is 0 Å². The summed E-state index contributed by atoms with van der Waals surface area (Å²) in [5.74, 6) is -6.50. The van der Waals surface area contributed by atoms with Gasteiger partial charge in [0.1, 0.15) is 24.2 Å². The van der Waals surface area contributed by atoms with Gasteiger partial charge in [-0.2, -0.15) is 0 Å². The molecule has 0 aliphatic carbocycles. The highest BCUT2D eigenvalue weighted by Crippen LogP contribution is 2.21. The van der Waals surface area contributed by atoms with Gasteiger partial charge >= 0.3 is 24.0 Å². The Balaban J connectivity index is 2.02. The third kappa shape index (κ3) is 13.5. The lowest BCUT2D eigenvalue weighted by molar-refractivity contribution is -0.163. The number of amides is 2. The second kappa shape index (κ2) is 18.1. The lowest BCUT2D eigenvalue weighted by Crippen LogP contribution is -2.50. The number of rotatable bonds is 15. The van der Waals surface area contributed by atoms with E-state index in [9.17, 15) is 37.5 Å². The van der Waals surface area contributed by atoms with Crippen molar-refractivity contribution in [2.45, 2.75) is 83.4 Å². The Kier molecular flexibility index (Phi) is 14.9. The van der Waals surface area contributed by atoms with Crippen molar-refractivity contribution >= 4 is 45.9 Å². The topological polar surface area (TPSA) is 259 Å². The molecule has 8 N–H and O–H groups in total. The van der Waals surface area contributed by atoms with Crippen molar-refractivity contribution in [2.75, 3.05) is 13.1 Å². The molecular weight excluding hydrogens is 672 g/mol. The third-order valence-corrected chi connectivity index (χ3v) is 8.65. The standard InChI is InChI=1S/C33H46N6O10S/c1-19-15-20(2)27(21(3)16-19)50(46,47)39-31(35)36-14-10-13-24(38-32(45)49-33(4,5)6)28(41)37-18-25(40)48-30(44)26(34)23(29(42)43)17-22-11-8-7-9-12-22/h7-9,11-12,15-16,23-24,26H,10,13-14,17-18,34H2,1-6H3,(H,37,41)(H,38,45)(H,42,43)(H3,35,36,39)/t23?,24-,26-/m0/s1. The molecule has 2 aromatic rings. The van der Waals surface area contributed by atoms with E-state index in [1.807, 2.05) is 6.92 Å². The van der Waals surface area contributed by atoms with E-state index in [4.69, 9.17) is 20.9 Å². The number of aliphatic imine (C=N–C) groups is 1. The number of nitrogens with one attached hydrogen (secondary N) is 3. The van der Waals surface area contributed by atoms with E-state index < -0.39 is 70.1 Å². The predicted molar refractivity (Wildman–Crippen MR) is 183 cm³/mol. The zero-order valence-electron chi connectivity index (χ0n) is 28.9. The van der Waals surface area contributed by atoms with Gasteiger partial charge in [-0.3, -0.25) is 14.6 Å². The Morgan fingerprint density at radius 1 is 1.00 bits per heavy atom. The maximum Gasteiger partial charge on any atom is 0.408 e. The molecule has 0 spiro atoms. The largest absolute Gasteiger partial charge is 0.481 e. The van der Waals surface area contributed by atoms with Crippen LogP contribution in [0.2, 0.25) is 0 Å². The molecule has 17 heteroatoms. The normalized spacial score (nSPS) is 13.7. The summed E-state index contributed by atoms with van der Waals surface area (Å²) in [5, 5.41) is 14.2. The van der Waals surface area contributed by atoms with Gasteiger partial charge in [0, 0.05) is 6.54 Å². The van der Waals surface area contributed by atoms with Crippen molar-refractivity contribution in [1.82, 2.24) is 15.4 Å². The van der Waals surface area contributed by atoms with Gasteiger partial charge in [-0.1, -0.05) is 48.0 Å². The summed E-state index contributed by atoms with van der Waals surface area (Å²) in [6, 6.07) is 8.95. The molecule has 0 heterocycles. The highest BCUT2D eigenvalue weighted by molar-refractivity contribution is 7.90. The summed E-state index contributed by atoms with van der Waals surface area (Å²) in [4.78, 5) is 66.2. The van der Waals surface area contributed by atoms with E-state index in [1.165, 1.54) is 0 Å². The average molecular weight is 719 g/mol. The number of carbonyl (C=O) groups excluding carboxylic acids is 4. The lowest BCUT2D eigenvalue weighted by atomic mass is 9.92. The van der Waals surface area contributed by atoms with Crippen LogP contribution in [0.1, 0.15) is 55.9 Å². The number of guanidine groups is 1. The number of carboxylic acid groups (broad SMARTS) is 1. The summed E-state index contributed by atoms with van der Waals surface area (Å²) >= 11 is 0. The van der Waals surface area contributed by atoms with Crippen molar-refractivity contribution in [3.63, 3.8) is 0 Å². The number of nitrogens with two attached hydrogens (primary N) is 2. The Morgan fingerprint density at radius 3 is 2.16 bits per heavy atom. The molecule has 274 valence electrons. The molecule has 0 fully saturated rings. The number of ether oxygens (including phenoxy) is 2. The minimum atomic E-state index is -4.04. The first-order chi connectivity index (χ1) is 23.2. The Morgan fingerprint density at radius 2 is 1.60 bits per heavy atom. The number of alkyl carbamates (subject to hydrolysis) is 1. The van der Waals surface area contributed by atoms with Gasteiger partial charge in [-0.25, -0.2) is 27.5 Å². The smallest absolute Gasteiger partial charge is 0.408 e. The lowest BCUT2D eigenvalue weighted by Gasteiger charge is -2.23. The van der Waals surface area contributed by atoms with Crippen LogP contribution in [0, 0.1) is 26.7 Å². The van der Waals surface area contributed by atoms with Crippen molar-refractivity contribution < 1.29 is 47.0 Å². The zero-order valence-corrected chi connectivity index (χ0v) is 29.8. The highest BCUT2D eigenvalue weighted by atomic mass is 32.2. The molecule has 0 radical (unpaired) electrons. The number of aliphatic carboxylic acids is 1. The maximum atomic E-state index is 13.0. The van der Waals surface area contributed by atoms with Crippen molar-refractivity contribution in [3.8, 4) is 0 Å². The second-order valence-electron chi connectivity index (χ2n) is 12.6. The van der Waals surface area contributed by atoms with Gasteiger partial charge in [0.25, 0.3) is 10.0 Å². The highest BCUT2D eigenvalue weighted by Gasteiger charge is 2.33. The summed E-state index contributed by atoms with van der Waals surface area (Å²) < 4.78 is 38.1. The molecule has 0 bridgehead atoms. The van der Waals surface area contributed by atoms with E-state index in [1.54, 1.807) is 77.1 Å². The van der Waals surface area contributed by atoms with Crippen molar-refractivity contribution in [2.24, 2.45) is 22.4 Å². The molecule has 2 rings (SSSR count). The van der Waals surface area contributed by atoms with Gasteiger partial charge in [-0.05, 0) is 77.5 Å². The number of aryl methyl sites for hydroxylation is 3. The Labute approximate surface area is 291 Å².